The predicted octanol–water partition coefficient (Wildman–Crippen LogP) is 3.23. The second kappa shape index (κ2) is 9.50. The lowest BCUT2D eigenvalue weighted by Gasteiger charge is -2.32. The number of aromatic nitrogens is 2. The third-order valence-electron chi connectivity index (χ3n) is 5.57. The minimum atomic E-state index is -0.242. The third-order valence-corrected chi connectivity index (χ3v) is 5.57. The maximum Gasteiger partial charge on any atom is 0.264 e. The van der Waals surface area contributed by atoms with E-state index < -0.39 is 0 Å². The lowest BCUT2D eigenvalue weighted by atomic mass is 10.1. The zero-order chi connectivity index (χ0) is 22.5. The van der Waals surface area contributed by atoms with Gasteiger partial charge in [-0.25, -0.2) is 4.68 Å². The Hall–Kier alpha value is -3.89. The van der Waals surface area contributed by atoms with Crippen LogP contribution in [0.15, 0.2) is 66.4 Å². The van der Waals surface area contributed by atoms with Crippen LogP contribution >= 0.6 is 0 Å². The molecule has 2 heterocycles. The molecule has 7 heteroatoms. The Balaban J connectivity index is 1.74. The fourth-order valence-corrected chi connectivity index (χ4v) is 3.66. The normalized spacial score (nSPS) is 14.8. The third kappa shape index (κ3) is 4.56. The molecular weight excluding hydrogens is 402 g/mol. The molecule has 0 spiro atoms. The molecule has 0 unspecified atom stereocenters. The van der Waals surface area contributed by atoms with Crippen molar-refractivity contribution in [1.82, 2.24) is 19.6 Å². The number of likely N-dealkylation sites (N-methyl/N-ethyl adjacent to an activating group) is 1. The van der Waals surface area contributed by atoms with E-state index in [9.17, 15) is 10.1 Å². The first-order valence-electron chi connectivity index (χ1n) is 10.5. The first kappa shape index (κ1) is 21.3. The van der Waals surface area contributed by atoms with Crippen LogP contribution in [0, 0.1) is 11.3 Å². The van der Waals surface area contributed by atoms with Crippen molar-refractivity contribution in [2.75, 3.05) is 40.3 Å². The number of rotatable bonds is 5. The van der Waals surface area contributed by atoms with Gasteiger partial charge in [0, 0.05) is 43.5 Å². The zero-order valence-electron chi connectivity index (χ0n) is 18.2. The molecule has 1 fully saturated rings. The van der Waals surface area contributed by atoms with Crippen LogP contribution in [0.3, 0.4) is 0 Å². The second-order valence-corrected chi connectivity index (χ2v) is 7.71. The minimum absolute atomic E-state index is 0.108. The van der Waals surface area contributed by atoms with Gasteiger partial charge >= 0.3 is 0 Å². The van der Waals surface area contributed by atoms with Gasteiger partial charge in [0.15, 0.2) is 0 Å². The number of hydrogen-bond acceptors (Lipinski definition) is 5. The molecule has 4 rings (SSSR count). The van der Waals surface area contributed by atoms with E-state index in [2.05, 4.69) is 11.0 Å². The molecular formula is C25H25N5O2. The van der Waals surface area contributed by atoms with Gasteiger partial charge < -0.3 is 14.5 Å². The van der Waals surface area contributed by atoms with Gasteiger partial charge in [0.05, 0.1) is 18.5 Å². The first-order chi connectivity index (χ1) is 15.6. The van der Waals surface area contributed by atoms with Gasteiger partial charge in [0.1, 0.15) is 17.4 Å². The summed E-state index contributed by atoms with van der Waals surface area (Å²) in [4.78, 5) is 16.9. The lowest BCUT2D eigenvalue weighted by Crippen LogP contribution is -2.47. The monoisotopic (exact) mass is 427 g/mol. The Kier molecular flexibility index (Phi) is 6.34. The molecule has 0 saturated carbocycles. The van der Waals surface area contributed by atoms with Crippen molar-refractivity contribution in [3.05, 3.63) is 71.9 Å². The summed E-state index contributed by atoms with van der Waals surface area (Å²) < 4.78 is 7.03. The molecule has 1 aliphatic heterocycles. The molecule has 1 amide bonds. The molecule has 0 aliphatic carbocycles. The zero-order valence-corrected chi connectivity index (χ0v) is 18.2. The highest BCUT2D eigenvalue weighted by Gasteiger charge is 2.23. The van der Waals surface area contributed by atoms with Crippen LogP contribution in [-0.4, -0.2) is 65.8 Å². The summed E-state index contributed by atoms with van der Waals surface area (Å²) in [5.74, 6) is 0.505. The van der Waals surface area contributed by atoms with Gasteiger partial charge in [-0.2, -0.15) is 10.4 Å². The second-order valence-electron chi connectivity index (χ2n) is 7.71. The Morgan fingerprint density at radius 3 is 2.38 bits per heavy atom. The Bertz CT molecular complexity index is 1150. The maximum absolute atomic E-state index is 13.0. The Morgan fingerprint density at radius 2 is 1.75 bits per heavy atom. The van der Waals surface area contributed by atoms with Crippen molar-refractivity contribution in [2.24, 2.45) is 0 Å². The van der Waals surface area contributed by atoms with Gasteiger partial charge in [0.2, 0.25) is 0 Å². The van der Waals surface area contributed by atoms with Crippen LogP contribution in [-0.2, 0) is 4.79 Å². The quantitative estimate of drug-likeness (QED) is 0.462. The van der Waals surface area contributed by atoms with Crippen molar-refractivity contribution in [2.45, 2.75) is 0 Å². The average Bonchev–Trinajstić information content (AvgIpc) is 3.27. The summed E-state index contributed by atoms with van der Waals surface area (Å²) in [7, 11) is 3.65. The topological polar surface area (TPSA) is 74.4 Å². The Morgan fingerprint density at radius 1 is 1.06 bits per heavy atom. The fourth-order valence-electron chi connectivity index (χ4n) is 3.66. The van der Waals surface area contributed by atoms with Crippen LogP contribution in [0.2, 0.25) is 0 Å². The number of methoxy groups -OCH3 is 1. The van der Waals surface area contributed by atoms with E-state index in [0.717, 1.165) is 30.1 Å². The molecule has 0 bridgehead atoms. The van der Waals surface area contributed by atoms with E-state index in [0.29, 0.717) is 24.3 Å². The molecule has 0 N–H and O–H groups in total. The standard InChI is InChI=1S/C25H25N5O2/c1-28-12-14-29(15-13-28)25(31)20(17-26)16-21-18-30(22-6-4-3-5-7-22)27-24(21)19-8-10-23(32-2)11-9-19/h3-11,16,18H,12-15H2,1-2H3/b20-16+. The van der Waals surface area contributed by atoms with E-state index in [4.69, 9.17) is 9.84 Å². The summed E-state index contributed by atoms with van der Waals surface area (Å²) in [6.45, 7) is 2.83. The number of para-hydroxylation sites is 1. The Labute approximate surface area is 187 Å². The van der Waals surface area contributed by atoms with E-state index in [1.165, 1.54) is 0 Å². The van der Waals surface area contributed by atoms with Crippen molar-refractivity contribution >= 4 is 12.0 Å². The number of piperazine rings is 1. The highest BCUT2D eigenvalue weighted by molar-refractivity contribution is 6.02. The number of nitriles is 1. The van der Waals surface area contributed by atoms with Crippen LogP contribution in [0.25, 0.3) is 23.0 Å². The molecule has 1 aromatic heterocycles. The summed E-state index contributed by atoms with van der Waals surface area (Å²) in [5, 5.41) is 14.5. The van der Waals surface area contributed by atoms with E-state index in [-0.39, 0.29) is 11.5 Å². The predicted molar refractivity (Wildman–Crippen MR) is 123 cm³/mol. The van der Waals surface area contributed by atoms with Gasteiger partial charge in [-0.1, -0.05) is 18.2 Å². The summed E-state index contributed by atoms with van der Waals surface area (Å²) in [5.41, 5.74) is 3.27. The highest BCUT2D eigenvalue weighted by atomic mass is 16.5. The minimum Gasteiger partial charge on any atom is -0.497 e. The van der Waals surface area contributed by atoms with Crippen molar-refractivity contribution in [3.63, 3.8) is 0 Å². The number of hydrogen-bond donors (Lipinski definition) is 0. The van der Waals surface area contributed by atoms with Crippen LogP contribution < -0.4 is 4.74 Å². The van der Waals surface area contributed by atoms with Gasteiger partial charge in [-0.3, -0.25) is 4.79 Å². The van der Waals surface area contributed by atoms with E-state index >= 15 is 0 Å². The molecule has 32 heavy (non-hydrogen) atoms. The molecule has 7 nitrogen and oxygen atoms in total. The average molecular weight is 428 g/mol. The molecule has 1 aliphatic rings. The summed E-state index contributed by atoms with van der Waals surface area (Å²) >= 11 is 0. The molecule has 0 atom stereocenters. The van der Waals surface area contributed by atoms with Crippen LogP contribution in [0.4, 0.5) is 0 Å². The summed E-state index contributed by atoms with van der Waals surface area (Å²) in [6.07, 6.45) is 3.50. The van der Waals surface area contributed by atoms with Crippen molar-refractivity contribution in [1.29, 1.82) is 5.26 Å². The van der Waals surface area contributed by atoms with Crippen molar-refractivity contribution in [3.8, 4) is 28.8 Å². The molecule has 1 saturated heterocycles. The van der Waals surface area contributed by atoms with Gasteiger partial charge in [-0.15, -0.1) is 0 Å². The highest BCUT2D eigenvalue weighted by Crippen LogP contribution is 2.27. The molecule has 2 aromatic carbocycles. The number of benzene rings is 2. The molecule has 0 radical (unpaired) electrons. The summed E-state index contributed by atoms with van der Waals surface area (Å²) in [6, 6.07) is 19.4. The maximum atomic E-state index is 13.0. The smallest absolute Gasteiger partial charge is 0.264 e. The van der Waals surface area contributed by atoms with E-state index in [1.54, 1.807) is 22.8 Å². The van der Waals surface area contributed by atoms with Gasteiger partial charge in [0.25, 0.3) is 5.91 Å². The van der Waals surface area contributed by atoms with Crippen LogP contribution in [0.1, 0.15) is 5.56 Å². The number of amides is 1. The first-order valence-corrected chi connectivity index (χ1v) is 10.5. The number of carbonyl (C=O) groups is 1. The largest absolute Gasteiger partial charge is 0.497 e. The van der Waals surface area contributed by atoms with E-state index in [1.807, 2.05) is 67.8 Å². The molecule has 162 valence electrons. The SMILES string of the molecule is COc1ccc(-c2nn(-c3ccccc3)cc2/C=C(\C#N)C(=O)N2CCN(C)CC2)cc1. The molecule has 3 aromatic rings. The number of ether oxygens (including phenoxy) is 1. The van der Waals surface area contributed by atoms with Gasteiger partial charge in [-0.05, 0) is 49.5 Å². The number of carbonyl (C=O) groups excluding carboxylic acids is 1. The number of nitrogens with zero attached hydrogens (tertiary/aromatic N) is 5. The lowest BCUT2D eigenvalue weighted by molar-refractivity contribution is -0.128. The van der Waals surface area contributed by atoms with Crippen LogP contribution in [0.5, 0.6) is 5.75 Å². The van der Waals surface area contributed by atoms with Crippen molar-refractivity contribution < 1.29 is 9.53 Å². The fraction of sp³-hybridized carbons (Fsp3) is 0.240.